The Kier molecular flexibility index (Phi) is 5.72. The van der Waals surface area contributed by atoms with Gasteiger partial charge in [-0.15, -0.1) is 0 Å². The highest BCUT2D eigenvalue weighted by atomic mass is 79.9. The second-order valence-electron chi connectivity index (χ2n) is 5.28. The molecule has 1 saturated carbocycles. The van der Waals surface area contributed by atoms with Crippen LogP contribution in [0.3, 0.4) is 0 Å². The van der Waals surface area contributed by atoms with E-state index in [4.69, 9.17) is 0 Å². The van der Waals surface area contributed by atoms with Crippen LogP contribution in [0.15, 0.2) is 22.7 Å². The molecule has 0 radical (unpaired) electrons. The predicted octanol–water partition coefficient (Wildman–Crippen LogP) is 4.91. The molecule has 1 aromatic carbocycles. The number of hydrogen-bond donors (Lipinski definition) is 1. The number of nitrogens with one attached hydrogen (secondary N) is 1. The number of halogens is 2. The number of rotatable bonds is 4. The van der Waals surface area contributed by atoms with Gasteiger partial charge in [0, 0.05) is 17.3 Å². The molecular weight excluding hydrogens is 325 g/mol. The van der Waals surface area contributed by atoms with Crippen molar-refractivity contribution in [3.8, 4) is 0 Å². The fourth-order valence-corrected chi connectivity index (χ4v) is 3.97. The third kappa shape index (κ3) is 4.20. The first-order chi connectivity index (χ1) is 9.10. The molecule has 0 bridgehead atoms. The Bertz CT molecular complexity index is 427. The van der Waals surface area contributed by atoms with Gasteiger partial charge in [0.15, 0.2) is 0 Å². The lowest BCUT2D eigenvalue weighted by atomic mass is 9.93. The first-order valence-electron chi connectivity index (χ1n) is 6.84. The van der Waals surface area contributed by atoms with Crippen molar-refractivity contribution in [2.45, 2.75) is 49.9 Å². The first kappa shape index (κ1) is 15.3. The van der Waals surface area contributed by atoms with Crippen LogP contribution in [0.5, 0.6) is 0 Å². The van der Waals surface area contributed by atoms with Crippen LogP contribution in [-0.4, -0.2) is 17.5 Å². The van der Waals surface area contributed by atoms with E-state index < -0.39 is 0 Å². The van der Waals surface area contributed by atoms with Crippen molar-refractivity contribution in [2.24, 2.45) is 0 Å². The van der Waals surface area contributed by atoms with Gasteiger partial charge in [0.2, 0.25) is 0 Å². The van der Waals surface area contributed by atoms with Crippen LogP contribution in [0.4, 0.5) is 4.39 Å². The molecule has 3 atom stereocenters. The third-order valence-electron chi connectivity index (χ3n) is 3.89. The minimum absolute atomic E-state index is 0.198. The Hall–Kier alpha value is -0.0600. The zero-order valence-electron chi connectivity index (χ0n) is 11.5. The minimum atomic E-state index is -0.198. The van der Waals surface area contributed by atoms with E-state index in [1.54, 1.807) is 0 Å². The summed E-state index contributed by atoms with van der Waals surface area (Å²) in [7, 11) is 0. The van der Waals surface area contributed by atoms with Crippen molar-refractivity contribution >= 4 is 27.7 Å². The molecule has 0 heterocycles. The average molecular weight is 346 g/mol. The van der Waals surface area contributed by atoms with Gasteiger partial charge < -0.3 is 5.32 Å². The van der Waals surface area contributed by atoms with Crippen molar-refractivity contribution in [1.29, 1.82) is 0 Å². The van der Waals surface area contributed by atoms with E-state index >= 15 is 0 Å². The van der Waals surface area contributed by atoms with Crippen molar-refractivity contribution < 1.29 is 4.39 Å². The molecule has 1 aliphatic rings. The van der Waals surface area contributed by atoms with Gasteiger partial charge in [-0.3, -0.25) is 0 Å². The van der Waals surface area contributed by atoms with Gasteiger partial charge >= 0.3 is 0 Å². The molecule has 0 aliphatic heterocycles. The highest BCUT2D eigenvalue weighted by molar-refractivity contribution is 9.10. The summed E-state index contributed by atoms with van der Waals surface area (Å²) >= 11 is 5.23. The molecule has 0 saturated heterocycles. The zero-order valence-corrected chi connectivity index (χ0v) is 13.9. The molecule has 0 aromatic heterocycles. The van der Waals surface area contributed by atoms with E-state index in [0.717, 1.165) is 10.8 Å². The molecule has 19 heavy (non-hydrogen) atoms. The van der Waals surface area contributed by atoms with Crippen LogP contribution in [0.2, 0.25) is 0 Å². The average Bonchev–Trinajstić information content (AvgIpc) is 2.42. The number of benzene rings is 1. The maximum atomic E-state index is 13.2. The summed E-state index contributed by atoms with van der Waals surface area (Å²) in [5.41, 5.74) is 1.14. The highest BCUT2D eigenvalue weighted by Gasteiger charge is 2.22. The van der Waals surface area contributed by atoms with Gasteiger partial charge in [-0.25, -0.2) is 4.39 Å². The van der Waals surface area contributed by atoms with Crippen molar-refractivity contribution in [3.63, 3.8) is 0 Å². The topological polar surface area (TPSA) is 12.0 Å². The molecule has 3 unspecified atom stereocenters. The van der Waals surface area contributed by atoms with Crippen molar-refractivity contribution in [3.05, 3.63) is 34.1 Å². The summed E-state index contributed by atoms with van der Waals surface area (Å²) in [6.07, 6.45) is 7.35. The molecule has 106 valence electrons. The van der Waals surface area contributed by atoms with E-state index in [1.807, 2.05) is 23.9 Å². The molecule has 4 heteroatoms. The van der Waals surface area contributed by atoms with E-state index in [1.165, 1.54) is 31.7 Å². The molecule has 1 N–H and O–H groups in total. The van der Waals surface area contributed by atoms with Gasteiger partial charge in [-0.1, -0.05) is 12.5 Å². The van der Waals surface area contributed by atoms with Gasteiger partial charge in [0.1, 0.15) is 5.82 Å². The van der Waals surface area contributed by atoms with Gasteiger partial charge in [0.25, 0.3) is 0 Å². The molecular formula is C15H21BrFNS. The molecule has 1 nitrogen and oxygen atoms in total. The van der Waals surface area contributed by atoms with Crippen molar-refractivity contribution in [1.82, 2.24) is 5.32 Å². The fraction of sp³-hybridized carbons (Fsp3) is 0.600. The van der Waals surface area contributed by atoms with Gasteiger partial charge in [0.05, 0.1) is 4.47 Å². The summed E-state index contributed by atoms with van der Waals surface area (Å²) in [6, 6.07) is 6.13. The van der Waals surface area contributed by atoms with E-state index in [2.05, 4.69) is 34.4 Å². The van der Waals surface area contributed by atoms with E-state index in [9.17, 15) is 4.39 Å². The molecule has 1 fully saturated rings. The first-order valence-corrected chi connectivity index (χ1v) is 8.92. The smallest absolute Gasteiger partial charge is 0.137 e. The normalized spacial score (nSPS) is 25.3. The van der Waals surface area contributed by atoms with Crippen LogP contribution in [0, 0.1) is 5.82 Å². The Morgan fingerprint density at radius 1 is 1.42 bits per heavy atom. The van der Waals surface area contributed by atoms with Crippen LogP contribution in [0.1, 0.15) is 44.2 Å². The van der Waals surface area contributed by atoms with Crippen molar-refractivity contribution in [2.75, 3.05) is 6.26 Å². The summed E-state index contributed by atoms with van der Waals surface area (Å²) in [6.45, 7) is 2.16. The molecule has 1 aromatic rings. The molecule has 1 aliphatic carbocycles. The SMILES string of the molecule is CSC1CCCC(NC(C)c2ccc(F)c(Br)c2)C1. The standard InChI is InChI=1S/C15H21BrFNS/c1-10(11-6-7-15(17)14(16)8-11)18-12-4-3-5-13(9-12)19-2/h6-8,10,12-13,18H,3-5,9H2,1-2H3. The lowest BCUT2D eigenvalue weighted by molar-refractivity contribution is 0.353. The number of hydrogen-bond acceptors (Lipinski definition) is 2. The van der Waals surface area contributed by atoms with Crippen LogP contribution < -0.4 is 5.32 Å². The van der Waals surface area contributed by atoms with Crippen LogP contribution in [0.25, 0.3) is 0 Å². The summed E-state index contributed by atoms with van der Waals surface area (Å²) < 4.78 is 13.8. The Morgan fingerprint density at radius 2 is 2.21 bits per heavy atom. The monoisotopic (exact) mass is 345 g/mol. The molecule has 0 spiro atoms. The van der Waals surface area contributed by atoms with E-state index in [-0.39, 0.29) is 11.9 Å². The predicted molar refractivity (Wildman–Crippen MR) is 85.2 cm³/mol. The number of thioether (sulfide) groups is 1. The van der Waals surface area contributed by atoms with E-state index in [0.29, 0.717) is 10.5 Å². The lowest BCUT2D eigenvalue weighted by Crippen LogP contribution is -2.36. The Labute approximate surface area is 127 Å². The van der Waals surface area contributed by atoms with Gasteiger partial charge in [-0.05, 0) is 66.1 Å². The maximum Gasteiger partial charge on any atom is 0.137 e. The zero-order chi connectivity index (χ0) is 13.8. The lowest BCUT2D eigenvalue weighted by Gasteiger charge is -2.31. The summed E-state index contributed by atoms with van der Waals surface area (Å²) in [5.74, 6) is -0.198. The Morgan fingerprint density at radius 3 is 2.89 bits per heavy atom. The summed E-state index contributed by atoms with van der Waals surface area (Å²) in [5, 5.41) is 4.48. The van der Waals surface area contributed by atoms with Crippen LogP contribution in [-0.2, 0) is 0 Å². The Balaban J connectivity index is 1.96. The fourth-order valence-electron chi connectivity index (χ4n) is 2.74. The quantitative estimate of drug-likeness (QED) is 0.831. The largest absolute Gasteiger partial charge is 0.307 e. The minimum Gasteiger partial charge on any atom is -0.307 e. The second-order valence-corrected chi connectivity index (χ2v) is 7.28. The highest BCUT2D eigenvalue weighted by Crippen LogP contribution is 2.29. The van der Waals surface area contributed by atoms with Crippen LogP contribution >= 0.6 is 27.7 Å². The molecule has 2 rings (SSSR count). The maximum absolute atomic E-state index is 13.2. The molecule has 0 amide bonds. The summed E-state index contributed by atoms with van der Waals surface area (Å²) in [4.78, 5) is 0. The van der Waals surface area contributed by atoms with Gasteiger partial charge in [-0.2, -0.15) is 11.8 Å². The second kappa shape index (κ2) is 7.09. The third-order valence-corrected chi connectivity index (χ3v) is 5.59.